The molecule has 2 N–H and O–H groups in total. The number of anilines is 1. The van der Waals surface area contributed by atoms with Crippen molar-refractivity contribution in [2.75, 3.05) is 12.4 Å². The van der Waals surface area contributed by atoms with Crippen molar-refractivity contribution in [3.05, 3.63) is 35.5 Å². The van der Waals surface area contributed by atoms with E-state index in [4.69, 9.17) is 4.74 Å². The first-order valence-corrected chi connectivity index (χ1v) is 9.45. The predicted octanol–water partition coefficient (Wildman–Crippen LogP) is 4.95. The van der Waals surface area contributed by atoms with Gasteiger partial charge in [-0.1, -0.05) is 31.4 Å². The van der Waals surface area contributed by atoms with Crippen LogP contribution in [0.5, 0.6) is 5.75 Å². The zero-order chi connectivity index (χ0) is 17.2. The Kier molecular flexibility index (Phi) is 4.51. The number of Topliss-reactive ketones (excluding diaryl/α,β-unsaturated/α-hetero) is 1. The number of hydrogen-bond donors (Lipinski definition) is 2. The third-order valence-corrected chi connectivity index (χ3v) is 5.52. The molecule has 1 aromatic heterocycles. The smallest absolute Gasteiger partial charge is 0.165 e. The fourth-order valence-electron chi connectivity index (χ4n) is 4.20. The van der Waals surface area contributed by atoms with Crippen molar-refractivity contribution in [2.45, 2.75) is 57.4 Å². The summed E-state index contributed by atoms with van der Waals surface area (Å²) in [6.07, 6.45) is 8.87. The largest absolute Gasteiger partial charge is 0.497 e. The molecule has 4 nitrogen and oxygen atoms in total. The molecule has 0 atom stereocenters. The van der Waals surface area contributed by atoms with Crippen LogP contribution < -0.4 is 10.1 Å². The number of aromatic nitrogens is 1. The topological polar surface area (TPSA) is 54.1 Å². The van der Waals surface area contributed by atoms with Crippen LogP contribution in [0.25, 0.3) is 11.1 Å². The summed E-state index contributed by atoms with van der Waals surface area (Å²) in [5, 5.41) is 3.72. The average Bonchev–Trinajstić information content (AvgIpc) is 3.02. The molecule has 132 valence electrons. The van der Waals surface area contributed by atoms with Crippen molar-refractivity contribution in [3.8, 4) is 16.9 Å². The second-order valence-electron chi connectivity index (χ2n) is 7.21. The van der Waals surface area contributed by atoms with Crippen molar-refractivity contribution in [1.82, 2.24) is 4.98 Å². The Hall–Kier alpha value is -2.23. The second-order valence-corrected chi connectivity index (χ2v) is 7.21. The molecule has 0 unspecified atom stereocenters. The van der Waals surface area contributed by atoms with Crippen molar-refractivity contribution in [3.63, 3.8) is 0 Å². The number of fused-ring (bicyclic) bond motifs is 1. The Morgan fingerprint density at radius 3 is 2.48 bits per heavy atom. The second kappa shape index (κ2) is 6.95. The first-order chi connectivity index (χ1) is 12.3. The van der Waals surface area contributed by atoms with Crippen molar-refractivity contribution < 1.29 is 9.53 Å². The highest BCUT2D eigenvalue weighted by molar-refractivity contribution is 6.07. The molecule has 2 aliphatic rings. The number of nitrogens with one attached hydrogen (secondary N) is 2. The Morgan fingerprint density at radius 2 is 1.76 bits per heavy atom. The molecule has 25 heavy (non-hydrogen) atoms. The number of ether oxygens (including phenoxy) is 1. The Balaban J connectivity index is 1.75. The van der Waals surface area contributed by atoms with Crippen LogP contribution in [0.1, 0.15) is 61.0 Å². The van der Waals surface area contributed by atoms with Crippen LogP contribution in [0.4, 0.5) is 5.82 Å². The summed E-state index contributed by atoms with van der Waals surface area (Å²) >= 11 is 0. The highest BCUT2D eigenvalue weighted by Gasteiger charge is 2.28. The Bertz CT molecular complexity index is 755. The number of hydrogen-bond acceptors (Lipinski definition) is 3. The van der Waals surface area contributed by atoms with E-state index >= 15 is 0 Å². The molecule has 0 radical (unpaired) electrons. The van der Waals surface area contributed by atoms with E-state index in [1.54, 1.807) is 7.11 Å². The molecule has 4 rings (SSSR count). The molecule has 0 bridgehead atoms. The fourth-order valence-corrected chi connectivity index (χ4v) is 4.20. The van der Waals surface area contributed by atoms with Crippen molar-refractivity contribution in [1.29, 1.82) is 0 Å². The number of ketones is 1. The lowest BCUT2D eigenvalue weighted by Crippen LogP contribution is -2.22. The van der Waals surface area contributed by atoms with E-state index in [9.17, 15) is 4.79 Å². The van der Waals surface area contributed by atoms with Gasteiger partial charge in [0.15, 0.2) is 5.78 Å². The van der Waals surface area contributed by atoms with Gasteiger partial charge in [-0.15, -0.1) is 0 Å². The minimum absolute atomic E-state index is 0.264. The van der Waals surface area contributed by atoms with E-state index in [-0.39, 0.29) is 5.78 Å². The summed E-state index contributed by atoms with van der Waals surface area (Å²) in [7, 11) is 1.67. The lowest BCUT2D eigenvalue weighted by Gasteiger charge is -2.24. The number of carbonyl (C=O) groups is 1. The third kappa shape index (κ3) is 3.17. The number of carbonyl (C=O) groups excluding carboxylic acids is 1. The summed E-state index contributed by atoms with van der Waals surface area (Å²) in [4.78, 5) is 16.2. The maximum absolute atomic E-state index is 12.6. The average molecular weight is 338 g/mol. The zero-order valence-electron chi connectivity index (χ0n) is 14.9. The third-order valence-electron chi connectivity index (χ3n) is 5.52. The number of H-pyrrole nitrogens is 1. The van der Waals surface area contributed by atoms with Gasteiger partial charge in [0.05, 0.1) is 7.11 Å². The molecule has 4 heteroatoms. The highest BCUT2D eigenvalue weighted by atomic mass is 16.5. The van der Waals surface area contributed by atoms with Gasteiger partial charge in [-0.3, -0.25) is 4.79 Å². The SMILES string of the molecule is COc1ccc(-c2c(NC3CCCCC3)[nH]c3c2C(=O)CCC3)cc1. The summed E-state index contributed by atoms with van der Waals surface area (Å²) in [6, 6.07) is 8.53. The molecule has 0 spiro atoms. The predicted molar refractivity (Wildman–Crippen MR) is 101 cm³/mol. The molecular weight excluding hydrogens is 312 g/mol. The van der Waals surface area contributed by atoms with Gasteiger partial charge < -0.3 is 15.0 Å². The van der Waals surface area contributed by atoms with E-state index in [1.165, 1.54) is 32.1 Å². The minimum Gasteiger partial charge on any atom is -0.497 e. The fraction of sp³-hybridized carbons (Fsp3) is 0.476. The molecule has 1 heterocycles. The first-order valence-electron chi connectivity index (χ1n) is 9.45. The van der Waals surface area contributed by atoms with Crippen LogP contribution in [0.2, 0.25) is 0 Å². The van der Waals surface area contributed by atoms with E-state index in [0.29, 0.717) is 12.5 Å². The minimum atomic E-state index is 0.264. The Morgan fingerprint density at radius 1 is 1.00 bits per heavy atom. The standard InChI is InChI=1S/C21H26N2O2/c1-25-16-12-10-14(11-13-16)19-20-17(8-5-9-18(20)24)23-21(19)22-15-6-3-2-4-7-15/h10-13,15,22-23H,2-9H2,1H3. The van der Waals surface area contributed by atoms with Crippen LogP contribution >= 0.6 is 0 Å². The Labute approximate surface area is 149 Å². The lowest BCUT2D eigenvalue weighted by atomic mass is 9.90. The first kappa shape index (κ1) is 16.2. The van der Waals surface area contributed by atoms with Gasteiger partial charge in [0.1, 0.15) is 11.6 Å². The van der Waals surface area contributed by atoms with Crippen LogP contribution in [-0.4, -0.2) is 23.9 Å². The van der Waals surface area contributed by atoms with Gasteiger partial charge in [0.25, 0.3) is 0 Å². The quantitative estimate of drug-likeness (QED) is 0.829. The van der Waals surface area contributed by atoms with Crippen LogP contribution in [0, 0.1) is 0 Å². The van der Waals surface area contributed by atoms with Crippen molar-refractivity contribution >= 4 is 11.6 Å². The normalized spacial score (nSPS) is 18.0. The maximum atomic E-state index is 12.6. The summed E-state index contributed by atoms with van der Waals surface area (Å²) in [5.41, 5.74) is 4.12. The monoisotopic (exact) mass is 338 g/mol. The van der Waals surface area contributed by atoms with Gasteiger partial charge in [-0.05, 0) is 43.4 Å². The van der Waals surface area contributed by atoms with Gasteiger partial charge in [0, 0.05) is 29.3 Å². The van der Waals surface area contributed by atoms with E-state index in [2.05, 4.69) is 22.4 Å². The molecular formula is C21H26N2O2. The lowest BCUT2D eigenvalue weighted by molar-refractivity contribution is 0.0973. The molecule has 1 aromatic carbocycles. The summed E-state index contributed by atoms with van der Waals surface area (Å²) in [5.74, 6) is 2.12. The molecule has 2 aliphatic carbocycles. The van der Waals surface area contributed by atoms with Crippen LogP contribution in [-0.2, 0) is 6.42 Å². The molecule has 1 saturated carbocycles. The number of rotatable bonds is 4. The van der Waals surface area contributed by atoms with E-state index in [1.807, 2.05) is 12.1 Å². The number of aromatic amines is 1. The highest BCUT2D eigenvalue weighted by Crippen LogP contribution is 2.39. The molecule has 2 aromatic rings. The number of methoxy groups -OCH3 is 1. The molecule has 0 amide bonds. The molecule has 0 saturated heterocycles. The zero-order valence-corrected chi connectivity index (χ0v) is 14.9. The van der Waals surface area contributed by atoms with E-state index < -0.39 is 0 Å². The molecule has 0 aliphatic heterocycles. The number of benzene rings is 1. The summed E-state index contributed by atoms with van der Waals surface area (Å²) < 4.78 is 5.28. The van der Waals surface area contributed by atoms with Crippen LogP contribution in [0.15, 0.2) is 24.3 Å². The van der Waals surface area contributed by atoms with Gasteiger partial charge in [-0.2, -0.15) is 0 Å². The molecule has 1 fully saturated rings. The van der Waals surface area contributed by atoms with Gasteiger partial charge >= 0.3 is 0 Å². The van der Waals surface area contributed by atoms with Crippen LogP contribution in [0.3, 0.4) is 0 Å². The van der Waals surface area contributed by atoms with E-state index in [0.717, 1.165) is 46.8 Å². The van der Waals surface area contributed by atoms with Crippen molar-refractivity contribution in [2.24, 2.45) is 0 Å². The van der Waals surface area contributed by atoms with Gasteiger partial charge in [0.2, 0.25) is 0 Å². The number of aryl methyl sites for hydroxylation is 1. The van der Waals surface area contributed by atoms with Gasteiger partial charge in [-0.25, -0.2) is 0 Å². The maximum Gasteiger partial charge on any atom is 0.165 e. The summed E-state index contributed by atoms with van der Waals surface area (Å²) in [6.45, 7) is 0.